The van der Waals surface area contributed by atoms with E-state index in [0.717, 1.165) is 12.1 Å². The number of nitrogens with zero attached hydrogens (tertiary/aromatic N) is 1. The summed E-state index contributed by atoms with van der Waals surface area (Å²) in [6.45, 7) is 1.84. The molecule has 1 aromatic rings. The summed E-state index contributed by atoms with van der Waals surface area (Å²) in [5, 5.41) is 16.1. The van der Waals surface area contributed by atoms with Crippen molar-refractivity contribution >= 4 is 27.3 Å². The van der Waals surface area contributed by atoms with E-state index < -0.39 is 38.0 Å². The zero-order valence-electron chi connectivity index (χ0n) is 11.5. The number of nitro benzene ring substituents is 1. The Hall–Kier alpha value is -2.20. The van der Waals surface area contributed by atoms with Crippen molar-refractivity contribution in [2.75, 3.05) is 25.5 Å². The van der Waals surface area contributed by atoms with Crippen molar-refractivity contribution < 1.29 is 18.1 Å². The van der Waals surface area contributed by atoms with E-state index in [1.165, 1.54) is 13.1 Å². The van der Waals surface area contributed by atoms with E-state index in [9.17, 15) is 23.3 Å². The highest BCUT2D eigenvalue weighted by Crippen LogP contribution is 2.26. The molecule has 0 aliphatic heterocycles. The molecule has 0 fully saturated rings. The molecule has 0 atom stereocenters. The van der Waals surface area contributed by atoms with Gasteiger partial charge in [-0.15, -0.1) is 0 Å². The predicted molar refractivity (Wildman–Crippen MR) is 76.5 cm³/mol. The number of benzene rings is 1. The molecule has 10 heteroatoms. The van der Waals surface area contributed by atoms with Gasteiger partial charge in [0.25, 0.3) is 5.69 Å². The number of hydrogen-bond donors (Lipinski definition) is 3. The largest absolute Gasteiger partial charge is 0.385 e. The van der Waals surface area contributed by atoms with Crippen LogP contribution in [0.1, 0.15) is 6.92 Å². The van der Waals surface area contributed by atoms with Gasteiger partial charge in [-0.25, -0.2) is 13.1 Å². The average molecular weight is 316 g/mol. The molecule has 0 bridgehead atoms. The normalized spacial score (nSPS) is 11.0. The van der Waals surface area contributed by atoms with E-state index >= 15 is 0 Å². The lowest BCUT2D eigenvalue weighted by Gasteiger charge is -2.09. The van der Waals surface area contributed by atoms with Gasteiger partial charge in [-0.2, -0.15) is 0 Å². The summed E-state index contributed by atoms with van der Waals surface area (Å²) in [6.07, 6.45) is 0. The van der Waals surface area contributed by atoms with Crippen molar-refractivity contribution in [3.05, 3.63) is 28.3 Å². The number of hydrogen-bond acceptors (Lipinski definition) is 6. The van der Waals surface area contributed by atoms with Crippen molar-refractivity contribution in [2.24, 2.45) is 0 Å². The number of rotatable bonds is 7. The molecule has 0 radical (unpaired) electrons. The summed E-state index contributed by atoms with van der Waals surface area (Å²) in [7, 11) is -2.82. The van der Waals surface area contributed by atoms with Gasteiger partial charge >= 0.3 is 0 Å². The van der Waals surface area contributed by atoms with Crippen molar-refractivity contribution in [3.8, 4) is 0 Å². The van der Waals surface area contributed by atoms with Crippen LogP contribution in [0.3, 0.4) is 0 Å². The van der Waals surface area contributed by atoms with Crippen LogP contribution in [-0.4, -0.2) is 39.4 Å². The number of amides is 1. The summed E-state index contributed by atoms with van der Waals surface area (Å²) >= 11 is 0. The van der Waals surface area contributed by atoms with Crippen LogP contribution in [0.25, 0.3) is 0 Å². The molecule has 9 nitrogen and oxygen atoms in total. The zero-order chi connectivity index (χ0) is 16.0. The lowest BCUT2D eigenvalue weighted by molar-refractivity contribution is -0.387. The fourth-order valence-electron chi connectivity index (χ4n) is 1.52. The van der Waals surface area contributed by atoms with Crippen LogP contribution in [0, 0.1) is 10.1 Å². The molecule has 3 N–H and O–H groups in total. The first-order chi connectivity index (χ1) is 9.81. The Morgan fingerprint density at radius 3 is 2.57 bits per heavy atom. The Morgan fingerprint density at radius 2 is 2.05 bits per heavy atom. The Bertz CT molecular complexity index is 644. The van der Waals surface area contributed by atoms with E-state index in [1.54, 1.807) is 6.92 Å². The van der Waals surface area contributed by atoms with Gasteiger partial charge in [-0.05, 0) is 19.1 Å². The van der Waals surface area contributed by atoms with Crippen molar-refractivity contribution in [3.63, 3.8) is 0 Å². The highest BCUT2D eigenvalue weighted by Gasteiger charge is 2.26. The van der Waals surface area contributed by atoms with Crippen LogP contribution in [-0.2, 0) is 14.8 Å². The van der Waals surface area contributed by atoms with Crippen LogP contribution in [0.15, 0.2) is 23.1 Å². The molecule has 0 unspecified atom stereocenters. The van der Waals surface area contributed by atoms with Gasteiger partial charge < -0.3 is 10.6 Å². The zero-order valence-corrected chi connectivity index (χ0v) is 12.4. The number of carbonyl (C=O) groups is 1. The van der Waals surface area contributed by atoms with Crippen LogP contribution in [0.2, 0.25) is 0 Å². The predicted octanol–water partition coefficient (Wildman–Crippen LogP) is 0.0509. The van der Waals surface area contributed by atoms with Gasteiger partial charge in [-0.3, -0.25) is 14.9 Å². The Kier molecular flexibility index (Phi) is 5.61. The SMILES string of the molecule is CCNc1ccc([N+](=O)[O-])c(S(=O)(=O)NCC(=O)NC)c1. The quantitative estimate of drug-likeness (QED) is 0.481. The summed E-state index contributed by atoms with van der Waals surface area (Å²) in [6, 6.07) is 3.68. The first-order valence-corrected chi connectivity index (χ1v) is 7.52. The summed E-state index contributed by atoms with van der Waals surface area (Å²) in [5.74, 6) is -0.552. The third-order valence-corrected chi connectivity index (χ3v) is 3.96. The van der Waals surface area contributed by atoms with E-state index in [1.807, 2.05) is 4.72 Å². The second-order valence-electron chi connectivity index (χ2n) is 3.97. The summed E-state index contributed by atoms with van der Waals surface area (Å²) in [5.41, 5.74) is -0.121. The van der Waals surface area contributed by atoms with Crippen molar-refractivity contribution in [1.82, 2.24) is 10.0 Å². The van der Waals surface area contributed by atoms with Gasteiger partial charge in [-0.1, -0.05) is 0 Å². The molecule has 116 valence electrons. The Balaban J connectivity index is 3.20. The molecule has 1 aromatic carbocycles. The number of likely N-dealkylation sites (N-methyl/N-ethyl adjacent to an activating group) is 1. The minimum absolute atomic E-state index is 0.434. The molecular formula is C11H16N4O5S. The summed E-state index contributed by atoms with van der Waals surface area (Å²) < 4.78 is 26.2. The van der Waals surface area contributed by atoms with Gasteiger partial charge in [0, 0.05) is 25.3 Å². The third-order valence-electron chi connectivity index (χ3n) is 2.53. The van der Waals surface area contributed by atoms with Crippen molar-refractivity contribution in [2.45, 2.75) is 11.8 Å². The van der Waals surface area contributed by atoms with Gasteiger partial charge in [0.15, 0.2) is 4.90 Å². The lowest BCUT2D eigenvalue weighted by Crippen LogP contribution is -2.35. The number of nitro groups is 1. The molecule has 0 aliphatic carbocycles. The van der Waals surface area contributed by atoms with Gasteiger partial charge in [0.2, 0.25) is 15.9 Å². The molecule has 0 heterocycles. The molecule has 0 aromatic heterocycles. The van der Waals surface area contributed by atoms with Crippen molar-refractivity contribution in [1.29, 1.82) is 0 Å². The fraction of sp³-hybridized carbons (Fsp3) is 0.364. The maximum Gasteiger partial charge on any atom is 0.289 e. The first-order valence-electron chi connectivity index (χ1n) is 6.04. The molecule has 0 spiro atoms. The van der Waals surface area contributed by atoms with Crippen LogP contribution < -0.4 is 15.4 Å². The second-order valence-corrected chi connectivity index (χ2v) is 5.70. The number of nitrogens with one attached hydrogen (secondary N) is 3. The van der Waals surface area contributed by atoms with Crippen LogP contribution in [0.4, 0.5) is 11.4 Å². The molecule has 1 amide bonds. The molecule has 0 saturated heterocycles. The lowest BCUT2D eigenvalue weighted by atomic mass is 10.3. The molecular weight excluding hydrogens is 300 g/mol. The smallest absolute Gasteiger partial charge is 0.289 e. The van der Waals surface area contributed by atoms with E-state index in [2.05, 4.69) is 10.6 Å². The van der Waals surface area contributed by atoms with Crippen LogP contribution >= 0.6 is 0 Å². The Labute approximate surface area is 121 Å². The maximum absolute atomic E-state index is 12.1. The highest BCUT2D eigenvalue weighted by molar-refractivity contribution is 7.89. The second kappa shape index (κ2) is 6.99. The molecule has 1 rings (SSSR count). The third kappa shape index (κ3) is 4.39. The number of carbonyl (C=O) groups excluding carboxylic acids is 1. The fourth-order valence-corrected chi connectivity index (χ4v) is 2.70. The maximum atomic E-state index is 12.1. The average Bonchev–Trinajstić information content (AvgIpc) is 2.44. The minimum atomic E-state index is -4.17. The van der Waals surface area contributed by atoms with Gasteiger partial charge in [0.1, 0.15) is 0 Å². The topological polar surface area (TPSA) is 130 Å². The molecule has 21 heavy (non-hydrogen) atoms. The van der Waals surface area contributed by atoms with E-state index in [4.69, 9.17) is 0 Å². The molecule has 0 aliphatic rings. The van der Waals surface area contributed by atoms with E-state index in [0.29, 0.717) is 12.2 Å². The van der Waals surface area contributed by atoms with Crippen LogP contribution in [0.5, 0.6) is 0 Å². The monoisotopic (exact) mass is 316 g/mol. The van der Waals surface area contributed by atoms with E-state index in [-0.39, 0.29) is 0 Å². The number of anilines is 1. The minimum Gasteiger partial charge on any atom is -0.385 e. The summed E-state index contributed by atoms with van der Waals surface area (Å²) in [4.78, 5) is 20.8. The first kappa shape index (κ1) is 16.9. The Morgan fingerprint density at radius 1 is 1.38 bits per heavy atom. The highest BCUT2D eigenvalue weighted by atomic mass is 32.2. The molecule has 0 saturated carbocycles. The number of sulfonamides is 1. The van der Waals surface area contributed by atoms with Gasteiger partial charge in [0.05, 0.1) is 11.5 Å². The standard InChI is InChI=1S/C11H16N4O5S/c1-3-13-8-4-5-9(15(17)18)10(6-8)21(19,20)14-7-11(16)12-2/h4-6,13-14H,3,7H2,1-2H3,(H,12,16).